The van der Waals surface area contributed by atoms with Crippen LogP contribution in [0.25, 0.3) is 49.6 Å². The molecule has 0 atom stereocenters. The Morgan fingerprint density at radius 3 is 1.96 bits per heavy atom. The van der Waals surface area contributed by atoms with Gasteiger partial charge in [0.25, 0.3) is 0 Å². The Bertz CT molecular complexity index is 1390. The molecule has 6 rings (SSSR count). The Hall–Kier alpha value is -3.59. The van der Waals surface area contributed by atoms with Crippen molar-refractivity contribution in [3.05, 3.63) is 85.1 Å². The van der Waals surface area contributed by atoms with Gasteiger partial charge in [-0.2, -0.15) is 0 Å². The second-order valence-electron chi connectivity index (χ2n) is 6.48. The van der Waals surface area contributed by atoms with Crippen molar-refractivity contribution >= 4 is 43.7 Å². The minimum Gasteiger partial charge on any atom is -0.452 e. The topological polar surface area (TPSA) is 31.0 Å². The lowest BCUT2D eigenvalue weighted by atomic mass is 10.2. The fourth-order valence-corrected chi connectivity index (χ4v) is 3.95. The maximum atomic E-state index is 6.22. The van der Waals surface area contributed by atoms with Crippen LogP contribution in [-0.2, 0) is 0 Å². The Labute approximate surface area is 149 Å². The van der Waals surface area contributed by atoms with Gasteiger partial charge in [-0.3, -0.25) is 4.57 Å². The fourth-order valence-electron chi connectivity index (χ4n) is 3.95. The average Bonchev–Trinajstić information content (AvgIpc) is 3.24. The molecule has 0 amide bonds. The minimum atomic E-state index is 0.820. The summed E-state index contributed by atoms with van der Waals surface area (Å²) in [6, 6.07) is 27.0. The number of benzene rings is 3. The highest BCUT2D eigenvalue weighted by atomic mass is 16.3. The number of hydrogen-bond acceptors (Lipinski definition) is 2. The molecule has 3 nitrogen and oxygen atoms in total. The molecule has 0 spiro atoms. The van der Waals surface area contributed by atoms with E-state index >= 15 is 0 Å². The van der Waals surface area contributed by atoms with Crippen molar-refractivity contribution in [1.82, 2.24) is 9.55 Å². The van der Waals surface area contributed by atoms with E-state index in [4.69, 9.17) is 9.40 Å². The summed E-state index contributed by atoms with van der Waals surface area (Å²) in [5, 5.41) is 4.65. The maximum absolute atomic E-state index is 6.22. The van der Waals surface area contributed by atoms with Crippen LogP contribution in [0.2, 0.25) is 0 Å². The fraction of sp³-hybridized carbons (Fsp3) is 0. The third-order valence-electron chi connectivity index (χ3n) is 5.07. The van der Waals surface area contributed by atoms with E-state index in [0.29, 0.717) is 0 Å². The standard InChI is InChI=1S/C23H14N2O/c1-4-10-19-15(7-1)16-8-2-5-11-20(16)25(19)23-22-18(13-14-24-23)17-9-3-6-12-21(17)26-22/h1-14H. The largest absolute Gasteiger partial charge is 0.452 e. The first-order chi connectivity index (χ1) is 12.9. The number of rotatable bonds is 1. The molecule has 3 heteroatoms. The van der Waals surface area contributed by atoms with Gasteiger partial charge in [0.05, 0.1) is 11.0 Å². The van der Waals surface area contributed by atoms with Crippen LogP contribution in [-0.4, -0.2) is 9.55 Å². The van der Waals surface area contributed by atoms with Gasteiger partial charge < -0.3 is 4.42 Å². The summed E-state index contributed by atoms with van der Waals surface area (Å²) in [5.74, 6) is 0.830. The van der Waals surface area contributed by atoms with Crippen LogP contribution in [0.5, 0.6) is 0 Å². The van der Waals surface area contributed by atoms with Crippen LogP contribution < -0.4 is 0 Å². The zero-order chi connectivity index (χ0) is 17.1. The Morgan fingerprint density at radius 1 is 0.615 bits per heavy atom. The van der Waals surface area contributed by atoms with E-state index in [9.17, 15) is 0 Å². The van der Waals surface area contributed by atoms with Gasteiger partial charge >= 0.3 is 0 Å². The molecule has 0 unspecified atom stereocenters. The van der Waals surface area contributed by atoms with Crippen LogP contribution >= 0.6 is 0 Å². The summed E-state index contributed by atoms with van der Waals surface area (Å²) in [5.41, 5.74) is 3.97. The second kappa shape index (κ2) is 4.96. The summed E-state index contributed by atoms with van der Waals surface area (Å²) in [4.78, 5) is 4.71. The number of aromatic nitrogens is 2. The molecular formula is C23H14N2O. The third-order valence-corrected chi connectivity index (χ3v) is 5.07. The molecule has 3 heterocycles. The highest BCUT2D eigenvalue weighted by Crippen LogP contribution is 2.36. The minimum absolute atomic E-state index is 0.820. The summed E-state index contributed by atoms with van der Waals surface area (Å²) < 4.78 is 8.43. The van der Waals surface area contributed by atoms with Gasteiger partial charge in [-0.25, -0.2) is 4.98 Å². The van der Waals surface area contributed by atoms with Crippen molar-refractivity contribution in [3.8, 4) is 5.82 Å². The predicted octanol–water partition coefficient (Wildman–Crippen LogP) is 6.08. The van der Waals surface area contributed by atoms with Gasteiger partial charge in [0.15, 0.2) is 11.4 Å². The van der Waals surface area contributed by atoms with Crippen molar-refractivity contribution in [1.29, 1.82) is 0 Å². The molecule has 6 aromatic rings. The zero-order valence-corrected chi connectivity index (χ0v) is 13.9. The van der Waals surface area contributed by atoms with Gasteiger partial charge in [0, 0.05) is 27.7 Å². The van der Waals surface area contributed by atoms with Crippen molar-refractivity contribution in [3.63, 3.8) is 0 Å². The molecule has 122 valence electrons. The molecule has 0 saturated heterocycles. The molecular weight excluding hydrogens is 320 g/mol. The van der Waals surface area contributed by atoms with Crippen LogP contribution in [0.15, 0.2) is 89.5 Å². The molecule has 0 radical (unpaired) electrons. The number of pyridine rings is 1. The first-order valence-corrected chi connectivity index (χ1v) is 8.66. The molecule has 0 bridgehead atoms. The molecule has 0 aliphatic rings. The quantitative estimate of drug-likeness (QED) is 0.365. The molecule has 3 aromatic carbocycles. The van der Waals surface area contributed by atoms with E-state index in [1.54, 1.807) is 0 Å². The van der Waals surface area contributed by atoms with E-state index in [1.807, 2.05) is 30.5 Å². The SMILES string of the molecule is c1ccc2c(c1)oc1c(-n3c4ccccc4c4ccccc43)nccc12. The lowest BCUT2D eigenvalue weighted by molar-refractivity contribution is 0.663. The highest BCUT2D eigenvalue weighted by molar-refractivity contribution is 6.12. The maximum Gasteiger partial charge on any atom is 0.181 e. The normalized spacial score (nSPS) is 11.8. The third kappa shape index (κ3) is 1.69. The van der Waals surface area contributed by atoms with Gasteiger partial charge in [-0.05, 0) is 24.3 Å². The summed E-state index contributed by atoms with van der Waals surface area (Å²) in [6.45, 7) is 0. The summed E-state index contributed by atoms with van der Waals surface area (Å²) in [6.07, 6.45) is 1.86. The lowest BCUT2D eigenvalue weighted by Crippen LogP contribution is -1.97. The monoisotopic (exact) mass is 334 g/mol. The molecule has 0 fully saturated rings. The van der Waals surface area contributed by atoms with Gasteiger partial charge in [-0.15, -0.1) is 0 Å². The van der Waals surface area contributed by atoms with Crippen molar-refractivity contribution in [2.45, 2.75) is 0 Å². The molecule has 0 N–H and O–H groups in total. The molecule has 0 aliphatic heterocycles. The molecule has 3 aromatic heterocycles. The highest BCUT2D eigenvalue weighted by Gasteiger charge is 2.17. The second-order valence-corrected chi connectivity index (χ2v) is 6.48. The van der Waals surface area contributed by atoms with E-state index in [0.717, 1.165) is 38.8 Å². The van der Waals surface area contributed by atoms with Crippen LogP contribution in [0, 0.1) is 0 Å². The number of nitrogens with zero attached hydrogens (tertiary/aromatic N) is 2. The van der Waals surface area contributed by atoms with Gasteiger partial charge in [0.2, 0.25) is 0 Å². The molecule has 26 heavy (non-hydrogen) atoms. The molecule has 0 aliphatic carbocycles. The average molecular weight is 334 g/mol. The Kier molecular flexibility index (Phi) is 2.61. The molecule has 0 saturated carbocycles. The van der Waals surface area contributed by atoms with E-state index in [2.05, 4.69) is 59.2 Å². The van der Waals surface area contributed by atoms with Crippen LogP contribution in [0.3, 0.4) is 0 Å². The number of fused-ring (bicyclic) bond motifs is 6. The summed E-state index contributed by atoms with van der Waals surface area (Å²) >= 11 is 0. The van der Waals surface area contributed by atoms with Crippen LogP contribution in [0.4, 0.5) is 0 Å². The van der Waals surface area contributed by atoms with Crippen LogP contribution in [0.1, 0.15) is 0 Å². The number of para-hydroxylation sites is 3. The first kappa shape index (κ1) is 13.7. The Balaban J connectivity index is 1.84. The Morgan fingerprint density at radius 2 is 1.23 bits per heavy atom. The van der Waals surface area contributed by atoms with Crippen molar-refractivity contribution < 1.29 is 4.42 Å². The lowest BCUT2D eigenvalue weighted by Gasteiger charge is -2.06. The first-order valence-electron chi connectivity index (χ1n) is 8.66. The smallest absolute Gasteiger partial charge is 0.181 e. The van der Waals surface area contributed by atoms with Gasteiger partial charge in [0.1, 0.15) is 5.58 Å². The zero-order valence-electron chi connectivity index (χ0n) is 13.9. The predicted molar refractivity (Wildman–Crippen MR) is 106 cm³/mol. The van der Waals surface area contributed by atoms with Crippen molar-refractivity contribution in [2.75, 3.05) is 0 Å². The number of furan rings is 1. The van der Waals surface area contributed by atoms with E-state index in [-0.39, 0.29) is 0 Å². The van der Waals surface area contributed by atoms with Crippen molar-refractivity contribution in [2.24, 2.45) is 0 Å². The van der Waals surface area contributed by atoms with Gasteiger partial charge in [-0.1, -0.05) is 54.6 Å². The number of hydrogen-bond donors (Lipinski definition) is 0. The van der Waals surface area contributed by atoms with E-state index < -0.39 is 0 Å². The summed E-state index contributed by atoms with van der Waals surface area (Å²) in [7, 11) is 0. The van der Waals surface area contributed by atoms with E-state index in [1.165, 1.54) is 10.8 Å².